The molecule has 2 aromatic carbocycles. The molecule has 0 heterocycles. The van der Waals surface area contributed by atoms with Crippen molar-refractivity contribution in [2.75, 3.05) is 14.2 Å². The van der Waals surface area contributed by atoms with Gasteiger partial charge in [0.1, 0.15) is 23.6 Å². The summed E-state index contributed by atoms with van der Waals surface area (Å²) < 4.78 is 26.5. The summed E-state index contributed by atoms with van der Waals surface area (Å²) in [5.74, 6) is -5.64. The molecule has 170 valence electrons. The molecule has 0 aromatic heterocycles. The largest absolute Gasteiger partial charge is 0.497 e. The molecule has 0 amide bonds. The number of hydrogen-bond acceptors (Lipinski definition) is 7. The molecule has 0 bridgehead atoms. The third-order valence-corrected chi connectivity index (χ3v) is 6.44. The predicted octanol–water partition coefficient (Wildman–Crippen LogP) is 2.67. The standard InChI is InChI=1S/C23H24FNO7/c1-22(28)17(13-26)18(14-7-5-4-6-8-14)20(25(29)30)19(23(22,24)21(27)32-3)15-9-11-16(31-2)12-10-15/h4-13,17-20,28H,1-3H3/t17-,18-,19-,20-,22-,23+/m0/s1. The van der Waals surface area contributed by atoms with Crippen molar-refractivity contribution in [3.8, 4) is 5.75 Å². The van der Waals surface area contributed by atoms with Crippen molar-refractivity contribution in [1.82, 2.24) is 0 Å². The number of nitro groups is 1. The Balaban J connectivity index is 2.36. The molecule has 8 nitrogen and oxygen atoms in total. The number of halogens is 1. The van der Waals surface area contributed by atoms with Crippen molar-refractivity contribution >= 4 is 12.3 Å². The van der Waals surface area contributed by atoms with Crippen LogP contribution in [0.3, 0.4) is 0 Å². The first-order valence-corrected chi connectivity index (χ1v) is 9.92. The Bertz CT molecular complexity index is 995. The summed E-state index contributed by atoms with van der Waals surface area (Å²) in [6, 6.07) is 12.1. The molecule has 1 saturated carbocycles. The van der Waals surface area contributed by atoms with Crippen LogP contribution in [-0.4, -0.2) is 53.8 Å². The van der Waals surface area contributed by atoms with Gasteiger partial charge in [-0.25, -0.2) is 9.18 Å². The van der Waals surface area contributed by atoms with Crippen molar-refractivity contribution in [2.24, 2.45) is 5.92 Å². The zero-order valence-corrected chi connectivity index (χ0v) is 17.8. The third-order valence-electron chi connectivity index (χ3n) is 6.44. The summed E-state index contributed by atoms with van der Waals surface area (Å²) in [5, 5.41) is 23.7. The molecule has 0 unspecified atom stereocenters. The van der Waals surface area contributed by atoms with E-state index in [0.717, 1.165) is 14.0 Å². The minimum Gasteiger partial charge on any atom is -0.497 e. The molecule has 1 aliphatic carbocycles. The van der Waals surface area contributed by atoms with Gasteiger partial charge in [0.25, 0.3) is 0 Å². The zero-order valence-electron chi connectivity index (χ0n) is 17.8. The fourth-order valence-electron chi connectivity index (χ4n) is 4.83. The van der Waals surface area contributed by atoms with Crippen LogP contribution in [0.25, 0.3) is 0 Å². The highest BCUT2D eigenvalue weighted by molar-refractivity contribution is 5.85. The molecule has 6 atom stereocenters. The van der Waals surface area contributed by atoms with Crippen LogP contribution in [0.2, 0.25) is 0 Å². The lowest BCUT2D eigenvalue weighted by Crippen LogP contribution is -2.71. The summed E-state index contributed by atoms with van der Waals surface area (Å²) in [6.07, 6.45) is 0.273. The molecule has 0 saturated heterocycles. The van der Waals surface area contributed by atoms with Gasteiger partial charge in [0.15, 0.2) is 0 Å². The monoisotopic (exact) mass is 445 g/mol. The van der Waals surface area contributed by atoms with E-state index < -0.39 is 46.0 Å². The van der Waals surface area contributed by atoms with E-state index >= 15 is 4.39 Å². The van der Waals surface area contributed by atoms with Crippen molar-refractivity contribution in [1.29, 1.82) is 0 Å². The molecular formula is C23H24FNO7. The average molecular weight is 445 g/mol. The Kier molecular flexibility index (Phi) is 6.32. The summed E-state index contributed by atoms with van der Waals surface area (Å²) in [7, 11) is 2.35. The van der Waals surface area contributed by atoms with Gasteiger partial charge in [-0.1, -0.05) is 42.5 Å². The number of esters is 1. The second-order valence-electron chi connectivity index (χ2n) is 7.98. The fourth-order valence-corrected chi connectivity index (χ4v) is 4.83. The number of hydrogen-bond donors (Lipinski definition) is 1. The van der Waals surface area contributed by atoms with Gasteiger partial charge in [-0.3, -0.25) is 10.1 Å². The second kappa shape index (κ2) is 8.66. The van der Waals surface area contributed by atoms with Gasteiger partial charge < -0.3 is 19.4 Å². The van der Waals surface area contributed by atoms with Gasteiger partial charge >= 0.3 is 5.97 Å². The number of aliphatic hydroxyl groups is 1. The molecule has 1 fully saturated rings. The lowest BCUT2D eigenvalue weighted by molar-refractivity contribution is -0.542. The second-order valence-corrected chi connectivity index (χ2v) is 7.98. The Morgan fingerprint density at radius 2 is 1.72 bits per heavy atom. The lowest BCUT2D eigenvalue weighted by Gasteiger charge is -2.52. The van der Waals surface area contributed by atoms with Gasteiger partial charge in [0.05, 0.1) is 26.1 Å². The quantitative estimate of drug-likeness (QED) is 0.314. The van der Waals surface area contributed by atoms with E-state index in [1.54, 1.807) is 30.3 Å². The van der Waals surface area contributed by atoms with Crippen LogP contribution in [0.1, 0.15) is 29.9 Å². The zero-order chi connectivity index (χ0) is 23.7. The van der Waals surface area contributed by atoms with E-state index in [0.29, 0.717) is 11.3 Å². The van der Waals surface area contributed by atoms with E-state index in [2.05, 4.69) is 4.74 Å². The van der Waals surface area contributed by atoms with Crippen LogP contribution in [0, 0.1) is 16.0 Å². The molecule has 3 rings (SSSR count). The van der Waals surface area contributed by atoms with Gasteiger partial charge in [-0.05, 0) is 30.2 Å². The SMILES string of the molecule is COC(=O)[C@]1(F)[C@@H](c2ccc(OC)cc2)[C@@H]([N+](=O)[O-])[C@@H](c2ccccc2)[C@H](C=O)[C@]1(C)O. The molecule has 2 aromatic rings. The Hall–Kier alpha value is -3.33. The van der Waals surface area contributed by atoms with E-state index in [1.165, 1.54) is 31.4 Å². The molecule has 32 heavy (non-hydrogen) atoms. The van der Waals surface area contributed by atoms with Gasteiger partial charge in [-0.2, -0.15) is 0 Å². The Morgan fingerprint density at radius 1 is 1.12 bits per heavy atom. The maximum absolute atomic E-state index is 16.8. The minimum atomic E-state index is -3.29. The smallest absolute Gasteiger partial charge is 0.347 e. The summed E-state index contributed by atoms with van der Waals surface area (Å²) in [5.41, 5.74) is -5.44. The van der Waals surface area contributed by atoms with E-state index in [1.807, 2.05) is 0 Å². The van der Waals surface area contributed by atoms with E-state index in [9.17, 15) is 24.8 Å². The van der Waals surface area contributed by atoms with Crippen molar-refractivity contribution < 1.29 is 33.5 Å². The first kappa shape index (κ1) is 23.3. The number of alkyl halides is 1. The van der Waals surface area contributed by atoms with Crippen LogP contribution in [0.15, 0.2) is 54.6 Å². The topological polar surface area (TPSA) is 116 Å². The molecule has 0 radical (unpaired) electrons. The van der Waals surface area contributed by atoms with Gasteiger partial charge in [0, 0.05) is 4.92 Å². The number of carbonyl (C=O) groups is 2. The number of ether oxygens (including phenoxy) is 2. The first-order chi connectivity index (χ1) is 15.1. The van der Waals surface area contributed by atoms with Gasteiger partial charge in [-0.15, -0.1) is 0 Å². The first-order valence-electron chi connectivity index (χ1n) is 9.92. The highest BCUT2D eigenvalue weighted by atomic mass is 19.1. The van der Waals surface area contributed by atoms with Crippen molar-refractivity contribution in [3.05, 3.63) is 75.8 Å². The number of benzene rings is 2. The van der Waals surface area contributed by atoms with Crippen LogP contribution >= 0.6 is 0 Å². The van der Waals surface area contributed by atoms with E-state index in [4.69, 9.17) is 4.74 Å². The van der Waals surface area contributed by atoms with Crippen molar-refractivity contribution in [2.45, 2.75) is 36.1 Å². The number of nitrogens with zero attached hydrogens (tertiary/aromatic N) is 1. The summed E-state index contributed by atoms with van der Waals surface area (Å²) >= 11 is 0. The fraction of sp³-hybridized carbons (Fsp3) is 0.391. The summed E-state index contributed by atoms with van der Waals surface area (Å²) in [6.45, 7) is 1.01. The highest BCUT2D eigenvalue weighted by Crippen LogP contribution is 2.57. The molecule has 0 spiro atoms. The molecule has 9 heteroatoms. The maximum atomic E-state index is 16.8. The van der Waals surface area contributed by atoms with Crippen LogP contribution in [0.5, 0.6) is 5.75 Å². The Labute approximate surface area is 184 Å². The van der Waals surface area contributed by atoms with Gasteiger partial charge in [0.2, 0.25) is 11.7 Å². The third kappa shape index (κ3) is 3.42. The van der Waals surface area contributed by atoms with Crippen LogP contribution in [0.4, 0.5) is 4.39 Å². The molecule has 1 aliphatic rings. The predicted molar refractivity (Wildman–Crippen MR) is 112 cm³/mol. The lowest BCUT2D eigenvalue weighted by atomic mass is 9.53. The minimum absolute atomic E-state index is 0.0888. The van der Waals surface area contributed by atoms with Crippen LogP contribution in [-0.2, 0) is 14.3 Å². The van der Waals surface area contributed by atoms with Crippen LogP contribution < -0.4 is 4.74 Å². The number of rotatable bonds is 6. The normalized spacial score (nSPS) is 32.0. The number of aldehydes is 1. The molecular weight excluding hydrogens is 421 g/mol. The maximum Gasteiger partial charge on any atom is 0.347 e. The summed E-state index contributed by atoms with van der Waals surface area (Å²) in [4.78, 5) is 36.6. The van der Waals surface area contributed by atoms with Crippen molar-refractivity contribution in [3.63, 3.8) is 0 Å². The molecule has 1 N–H and O–H groups in total. The Morgan fingerprint density at radius 3 is 2.19 bits per heavy atom. The number of carbonyl (C=O) groups excluding carboxylic acids is 2. The highest BCUT2D eigenvalue weighted by Gasteiger charge is 2.74. The molecule has 0 aliphatic heterocycles. The van der Waals surface area contributed by atoms with E-state index in [-0.39, 0.29) is 11.8 Å². The number of methoxy groups -OCH3 is 2. The average Bonchev–Trinajstić information content (AvgIpc) is 2.80.